The van der Waals surface area contributed by atoms with Gasteiger partial charge in [0.05, 0.1) is 19.8 Å². The molecule has 12 heteroatoms. The highest BCUT2D eigenvalue weighted by Crippen LogP contribution is 2.43. The Morgan fingerprint density at radius 2 is 0.703 bits per heavy atom. The zero-order chi connectivity index (χ0) is 54.1. The normalized spacial score (nSPS) is 14.1. The van der Waals surface area contributed by atoms with Gasteiger partial charge in [0.25, 0.3) is 0 Å². The predicted octanol–water partition coefficient (Wildman–Crippen LogP) is 17.3. The minimum absolute atomic E-state index is 0.118. The van der Waals surface area contributed by atoms with E-state index in [1.165, 1.54) is 70.6 Å². The van der Waals surface area contributed by atoms with Crippen molar-refractivity contribution in [3.8, 4) is 0 Å². The van der Waals surface area contributed by atoms with Crippen LogP contribution in [-0.2, 0) is 42.2 Å². The van der Waals surface area contributed by atoms with E-state index < -0.39 is 57.8 Å². The van der Waals surface area contributed by atoms with Crippen molar-refractivity contribution in [3.05, 3.63) is 97.2 Å². The number of esters is 3. The van der Waals surface area contributed by atoms with E-state index in [0.29, 0.717) is 19.3 Å². The average molecular weight is 1060 g/mol. The summed E-state index contributed by atoms with van der Waals surface area (Å²) in [6, 6.07) is 0. The Morgan fingerprint density at radius 1 is 0.392 bits per heavy atom. The Bertz CT molecular complexity index is 1610. The molecule has 0 bridgehead atoms. The van der Waals surface area contributed by atoms with Gasteiger partial charge in [0.1, 0.15) is 12.7 Å². The smallest absolute Gasteiger partial charge is 0.462 e. The second-order valence-corrected chi connectivity index (χ2v) is 20.5. The summed E-state index contributed by atoms with van der Waals surface area (Å²) >= 11 is 0. The number of aliphatic hydroxyl groups excluding tert-OH is 1. The van der Waals surface area contributed by atoms with Crippen LogP contribution in [0.15, 0.2) is 97.2 Å². The largest absolute Gasteiger partial charge is 0.472 e. The lowest BCUT2D eigenvalue weighted by Crippen LogP contribution is -2.30. The minimum atomic E-state index is -4.77. The second kappa shape index (κ2) is 55.6. The van der Waals surface area contributed by atoms with Crippen molar-refractivity contribution in [2.24, 2.45) is 0 Å². The third-order valence-electron chi connectivity index (χ3n) is 12.0. The number of rotatable bonds is 53. The number of carbonyl (C=O) groups excluding carboxylic acids is 3. The van der Waals surface area contributed by atoms with Crippen molar-refractivity contribution < 1.29 is 52.2 Å². The van der Waals surface area contributed by atoms with Crippen molar-refractivity contribution >= 4 is 25.7 Å². The maximum atomic E-state index is 12.9. The van der Waals surface area contributed by atoms with Gasteiger partial charge < -0.3 is 24.2 Å². The molecule has 0 radical (unpaired) electrons. The number of hydrogen-bond donors (Lipinski definition) is 2. The van der Waals surface area contributed by atoms with Gasteiger partial charge in [-0.25, -0.2) is 4.57 Å². The summed E-state index contributed by atoms with van der Waals surface area (Å²) in [5.74, 6) is -1.54. The van der Waals surface area contributed by atoms with Gasteiger partial charge in [0.2, 0.25) is 0 Å². The summed E-state index contributed by atoms with van der Waals surface area (Å²) in [6.45, 7) is 4.35. The predicted molar refractivity (Wildman–Crippen MR) is 307 cm³/mol. The summed E-state index contributed by atoms with van der Waals surface area (Å²) in [5, 5.41) is 9.82. The zero-order valence-electron chi connectivity index (χ0n) is 46.8. The van der Waals surface area contributed by atoms with Crippen molar-refractivity contribution in [1.29, 1.82) is 0 Å². The van der Waals surface area contributed by atoms with Crippen molar-refractivity contribution in [2.75, 3.05) is 26.4 Å². The number of allylic oxidation sites excluding steroid dienone is 16. The zero-order valence-corrected chi connectivity index (χ0v) is 47.7. The van der Waals surface area contributed by atoms with Crippen LogP contribution in [0.4, 0.5) is 0 Å². The van der Waals surface area contributed by atoms with E-state index in [2.05, 4.69) is 118 Å². The van der Waals surface area contributed by atoms with E-state index in [-0.39, 0.29) is 25.9 Å². The van der Waals surface area contributed by atoms with Crippen molar-refractivity contribution in [2.45, 2.75) is 251 Å². The number of phosphoric acid groups is 1. The first kappa shape index (κ1) is 70.4. The van der Waals surface area contributed by atoms with Gasteiger partial charge in [-0.05, 0) is 96.3 Å². The van der Waals surface area contributed by atoms with Gasteiger partial charge in [-0.15, -0.1) is 0 Å². The molecule has 0 rings (SSSR count). The molecule has 424 valence electrons. The third-order valence-corrected chi connectivity index (χ3v) is 13.0. The van der Waals surface area contributed by atoms with E-state index in [9.17, 15) is 28.9 Å². The highest BCUT2D eigenvalue weighted by molar-refractivity contribution is 7.47. The first-order chi connectivity index (χ1) is 36.2. The molecule has 11 nitrogen and oxygen atoms in total. The number of unbranched alkanes of at least 4 members (excludes halogenated alkanes) is 20. The number of aliphatic hydroxyl groups is 1. The molecule has 0 aliphatic heterocycles. The highest BCUT2D eigenvalue weighted by atomic mass is 31.2. The summed E-state index contributed by atoms with van der Waals surface area (Å²) in [6.07, 6.45) is 65.1. The van der Waals surface area contributed by atoms with E-state index >= 15 is 0 Å². The molecule has 0 aliphatic carbocycles. The van der Waals surface area contributed by atoms with Crippen LogP contribution >= 0.6 is 7.82 Å². The van der Waals surface area contributed by atoms with Crippen LogP contribution < -0.4 is 0 Å². The van der Waals surface area contributed by atoms with Crippen LogP contribution in [0.5, 0.6) is 0 Å². The molecule has 0 heterocycles. The molecule has 0 saturated carbocycles. The molecule has 0 spiro atoms. The first-order valence-electron chi connectivity index (χ1n) is 29.1. The van der Waals surface area contributed by atoms with Gasteiger partial charge in [0, 0.05) is 19.3 Å². The van der Waals surface area contributed by atoms with E-state index in [1.807, 2.05) is 0 Å². The lowest BCUT2D eigenvalue weighted by atomic mass is 10.0. The molecular formula is C62H105O11P. The molecule has 3 atom stereocenters. The van der Waals surface area contributed by atoms with Crippen LogP contribution in [0.3, 0.4) is 0 Å². The fourth-order valence-corrected chi connectivity index (χ4v) is 8.42. The van der Waals surface area contributed by atoms with Gasteiger partial charge in [-0.3, -0.25) is 23.4 Å². The number of hydrogen-bond acceptors (Lipinski definition) is 10. The first-order valence-corrected chi connectivity index (χ1v) is 30.6. The minimum Gasteiger partial charge on any atom is -0.462 e. The SMILES string of the molecule is CC/C=C\C/C=C\C/C=C\C/C=C\C/C=C\CCCCCC(=O)OC(COC(=O)CCCCC/C=C\C/C=C\C/C=C\CC)COP(=O)(O)OCC(CO)OC(=O)CCCCCCCCCCCCCCCCC. The lowest BCUT2D eigenvalue weighted by molar-refractivity contribution is -0.161. The fraction of sp³-hybridized carbons (Fsp3) is 0.694. The summed E-state index contributed by atoms with van der Waals surface area (Å²) in [5.41, 5.74) is 0. The van der Waals surface area contributed by atoms with E-state index in [4.69, 9.17) is 23.3 Å². The van der Waals surface area contributed by atoms with Crippen LogP contribution in [0.1, 0.15) is 239 Å². The molecular weight excluding hydrogens is 952 g/mol. The van der Waals surface area contributed by atoms with Crippen LogP contribution in [0, 0.1) is 0 Å². The maximum absolute atomic E-state index is 12.9. The Labute approximate surface area is 451 Å². The molecule has 0 amide bonds. The van der Waals surface area contributed by atoms with Gasteiger partial charge in [0.15, 0.2) is 6.10 Å². The molecule has 0 aromatic heterocycles. The molecule has 3 unspecified atom stereocenters. The van der Waals surface area contributed by atoms with Crippen LogP contribution in [0.25, 0.3) is 0 Å². The topological polar surface area (TPSA) is 155 Å². The van der Waals surface area contributed by atoms with Gasteiger partial charge in [-0.1, -0.05) is 221 Å². The van der Waals surface area contributed by atoms with Crippen LogP contribution in [0.2, 0.25) is 0 Å². The molecule has 0 fully saturated rings. The Balaban J connectivity index is 4.79. The molecule has 0 saturated heterocycles. The van der Waals surface area contributed by atoms with E-state index in [0.717, 1.165) is 109 Å². The Morgan fingerprint density at radius 3 is 1.08 bits per heavy atom. The third kappa shape index (κ3) is 53.2. The Hall–Kier alpha value is -3.60. The van der Waals surface area contributed by atoms with Crippen molar-refractivity contribution in [3.63, 3.8) is 0 Å². The maximum Gasteiger partial charge on any atom is 0.472 e. The molecule has 0 aliphatic rings. The summed E-state index contributed by atoms with van der Waals surface area (Å²) in [4.78, 5) is 48.5. The van der Waals surface area contributed by atoms with E-state index in [1.54, 1.807) is 0 Å². The molecule has 74 heavy (non-hydrogen) atoms. The highest BCUT2D eigenvalue weighted by Gasteiger charge is 2.28. The molecule has 2 N–H and O–H groups in total. The molecule has 0 aromatic carbocycles. The van der Waals surface area contributed by atoms with Crippen molar-refractivity contribution in [1.82, 2.24) is 0 Å². The second-order valence-electron chi connectivity index (χ2n) is 19.0. The van der Waals surface area contributed by atoms with Crippen LogP contribution in [-0.4, -0.2) is 66.5 Å². The average Bonchev–Trinajstić information content (AvgIpc) is 3.39. The standard InChI is InChI=1S/C62H105O11P/c1-4-7-10-13-16-19-22-25-27-28-29-30-32-35-38-41-44-47-50-53-62(66)73-59(55-69-60(64)51-48-45-42-39-36-33-24-21-18-15-12-9-6-3)57-71-74(67,68)70-56-58(54-63)72-61(65)52-49-46-43-40-37-34-31-26-23-20-17-14-11-8-5-2/h7,9-10,12,16,18-19,21,25,27,29-30,33,35-36,38,58-59,63H,4-6,8,11,13-15,17,20,22-24,26,28,31-32,34,37,39-57H2,1-3H3,(H,67,68)/b10-7-,12-9-,19-16-,21-18-,27-25-,30-29-,36-33-,38-35-. The summed E-state index contributed by atoms with van der Waals surface area (Å²) < 4.78 is 39.5. The Kier molecular flexibility index (Phi) is 52.9. The monoisotopic (exact) mass is 1060 g/mol. The lowest BCUT2D eigenvalue weighted by Gasteiger charge is -2.21. The number of ether oxygens (including phenoxy) is 3. The summed E-state index contributed by atoms with van der Waals surface area (Å²) in [7, 11) is -4.77. The van der Waals surface area contributed by atoms with Gasteiger partial charge >= 0.3 is 25.7 Å². The quantitative estimate of drug-likeness (QED) is 0.0197. The number of phosphoric ester groups is 1. The molecule has 0 aromatic rings. The fourth-order valence-electron chi connectivity index (χ4n) is 7.63. The van der Waals surface area contributed by atoms with Gasteiger partial charge in [-0.2, -0.15) is 0 Å². The number of carbonyl (C=O) groups is 3.